The molecule has 0 saturated carbocycles. The Balaban J connectivity index is 1.26. The van der Waals surface area contributed by atoms with Gasteiger partial charge in [-0.15, -0.1) is 23.1 Å². The van der Waals surface area contributed by atoms with Gasteiger partial charge in [0, 0.05) is 32.7 Å². The Bertz CT molecular complexity index is 1810. The van der Waals surface area contributed by atoms with Gasteiger partial charge in [-0.05, 0) is 49.4 Å². The Labute approximate surface area is 262 Å². The van der Waals surface area contributed by atoms with E-state index in [1.807, 2.05) is 41.8 Å². The first-order valence-corrected chi connectivity index (χ1v) is 15.3. The molecule has 7 nitrogen and oxygen atoms in total. The number of thioether (sulfide) groups is 1. The number of carbonyl (C=O) groups excluding carboxylic acids is 3. The number of halogens is 1. The third-order valence-electron chi connectivity index (χ3n) is 6.31. The van der Waals surface area contributed by atoms with Gasteiger partial charge in [0.2, 0.25) is 5.91 Å². The molecule has 0 aliphatic rings. The van der Waals surface area contributed by atoms with E-state index in [0.29, 0.717) is 16.4 Å². The predicted molar refractivity (Wildman–Crippen MR) is 175 cm³/mol. The van der Waals surface area contributed by atoms with Crippen molar-refractivity contribution in [2.75, 3.05) is 10.6 Å². The number of hydrogen-bond acceptors (Lipinski definition) is 6. The number of aromatic nitrogens is 1. The molecule has 3 N–H and O–H groups in total. The third-order valence-corrected chi connectivity index (χ3v) is 8.16. The van der Waals surface area contributed by atoms with Gasteiger partial charge in [0.25, 0.3) is 11.8 Å². The van der Waals surface area contributed by atoms with E-state index in [1.54, 1.807) is 61.5 Å². The lowest BCUT2D eigenvalue weighted by molar-refractivity contribution is -0.115. The van der Waals surface area contributed by atoms with E-state index in [2.05, 4.69) is 20.9 Å². The average molecular weight is 623 g/mol. The zero-order valence-electron chi connectivity index (χ0n) is 23.5. The normalized spacial score (nSPS) is 11.8. The van der Waals surface area contributed by atoms with Gasteiger partial charge in [-0.2, -0.15) is 0 Å². The molecule has 0 radical (unpaired) electrons. The number of amides is 3. The number of benzene rings is 4. The molecule has 4 aromatic carbocycles. The molecule has 5 aromatic rings. The van der Waals surface area contributed by atoms with Crippen LogP contribution in [0.3, 0.4) is 0 Å². The van der Waals surface area contributed by atoms with Crippen LogP contribution < -0.4 is 16.0 Å². The van der Waals surface area contributed by atoms with E-state index < -0.39 is 22.9 Å². The van der Waals surface area contributed by atoms with E-state index in [4.69, 9.17) is 0 Å². The molecule has 0 fully saturated rings. The third kappa shape index (κ3) is 8.06. The summed E-state index contributed by atoms with van der Waals surface area (Å²) >= 11 is 2.67. The highest BCUT2D eigenvalue weighted by Gasteiger charge is 2.19. The van der Waals surface area contributed by atoms with E-state index >= 15 is 0 Å². The molecule has 10 heteroatoms. The maximum Gasteiger partial charge on any atom is 0.272 e. The molecule has 0 saturated heterocycles. The maximum atomic E-state index is 14.4. The summed E-state index contributed by atoms with van der Waals surface area (Å²) in [5.74, 6) is -1.89. The highest BCUT2D eigenvalue weighted by Crippen LogP contribution is 2.29. The molecular weight excluding hydrogens is 596 g/mol. The average Bonchev–Trinajstić information content (AvgIpc) is 3.51. The maximum absolute atomic E-state index is 14.4. The summed E-state index contributed by atoms with van der Waals surface area (Å²) < 4.78 is 14.4. The van der Waals surface area contributed by atoms with E-state index in [9.17, 15) is 18.8 Å². The molecule has 1 heterocycles. The first kappa shape index (κ1) is 30.4. The number of carbonyl (C=O) groups is 3. The summed E-state index contributed by atoms with van der Waals surface area (Å²) in [6, 6.07) is 31.1. The lowest BCUT2D eigenvalue weighted by atomic mass is 10.1. The predicted octanol–water partition coefficient (Wildman–Crippen LogP) is 7.48. The molecule has 3 amide bonds. The molecule has 44 heavy (non-hydrogen) atoms. The zero-order chi connectivity index (χ0) is 30.9. The van der Waals surface area contributed by atoms with Crippen LogP contribution in [0.2, 0.25) is 0 Å². The fourth-order valence-electron chi connectivity index (χ4n) is 4.07. The fraction of sp³-hybridized carbons (Fsp3) is 0.0588. The first-order valence-electron chi connectivity index (χ1n) is 13.6. The topological polar surface area (TPSA) is 100 Å². The standard InChI is InChI=1S/C34H27FN4O3S2/c1-22(31(40)39-34-38-30(21-43-34)23-11-4-2-5-12-23)44-27-17-10-16-26(20-27)36-33(42)29(19-25-15-8-9-18-28(25)35)37-32(41)24-13-6-3-7-14-24/h2-22H,1H3,(H,36,42)(H,37,41)(H,38,39,40)/b29-19-. The van der Waals surface area contributed by atoms with Gasteiger partial charge in [0.15, 0.2) is 5.13 Å². The Morgan fingerprint density at radius 2 is 1.57 bits per heavy atom. The van der Waals surface area contributed by atoms with Gasteiger partial charge in [-0.3, -0.25) is 14.4 Å². The highest BCUT2D eigenvalue weighted by atomic mass is 32.2. The molecule has 0 aliphatic carbocycles. The van der Waals surface area contributed by atoms with Crippen molar-refractivity contribution >= 4 is 57.7 Å². The lowest BCUT2D eigenvalue weighted by Gasteiger charge is -2.14. The highest BCUT2D eigenvalue weighted by molar-refractivity contribution is 8.00. The van der Waals surface area contributed by atoms with Crippen molar-refractivity contribution in [2.24, 2.45) is 0 Å². The van der Waals surface area contributed by atoms with Crippen LogP contribution in [-0.4, -0.2) is 28.0 Å². The lowest BCUT2D eigenvalue weighted by Crippen LogP contribution is -2.30. The fourth-order valence-corrected chi connectivity index (χ4v) is 5.72. The largest absolute Gasteiger partial charge is 0.321 e. The number of thiazole rings is 1. The van der Waals surface area contributed by atoms with Crippen LogP contribution in [-0.2, 0) is 9.59 Å². The van der Waals surface area contributed by atoms with Crippen LogP contribution in [0.5, 0.6) is 0 Å². The van der Waals surface area contributed by atoms with E-state index in [-0.39, 0.29) is 17.2 Å². The number of anilines is 2. The van der Waals surface area contributed by atoms with Crippen LogP contribution >= 0.6 is 23.1 Å². The van der Waals surface area contributed by atoms with Gasteiger partial charge in [0.1, 0.15) is 11.5 Å². The number of rotatable bonds is 10. The Hall–Kier alpha value is -5.06. The Morgan fingerprint density at radius 3 is 2.32 bits per heavy atom. The summed E-state index contributed by atoms with van der Waals surface area (Å²) in [4.78, 5) is 44.4. The SMILES string of the molecule is CC(Sc1cccc(NC(=O)/C(=C/c2ccccc2F)NC(=O)c2ccccc2)c1)C(=O)Nc1nc(-c2ccccc2)cs1. The summed E-state index contributed by atoms with van der Waals surface area (Å²) in [6.07, 6.45) is 1.29. The molecule has 0 bridgehead atoms. The molecule has 0 aliphatic heterocycles. The number of nitrogens with zero attached hydrogens (tertiary/aromatic N) is 1. The van der Waals surface area contributed by atoms with Gasteiger partial charge < -0.3 is 16.0 Å². The minimum atomic E-state index is -0.636. The molecule has 1 unspecified atom stereocenters. The van der Waals surface area contributed by atoms with Crippen LogP contribution in [0.4, 0.5) is 15.2 Å². The second-order valence-corrected chi connectivity index (χ2v) is 11.8. The zero-order valence-corrected chi connectivity index (χ0v) is 25.1. The monoisotopic (exact) mass is 622 g/mol. The van der Waals surface area contributed by atoms with Crippen molar-refractivity contribution in [3.05, 3.63) is 137 Å². The van der Waals surface area contributed by atoms with Gasteiger partial charge in [-0.1, -0.05) is 72.8 Å². The molecule has 1 atom stereocenters. The Morgan fingerprint density at radius 1 is 0.864 bits per heavy atom. The molecule has 5 rings (SSSR count). The first-order chi connectivity index (χ1) is 21.4. The van der Waals surface area contributed by atoms with Crippen LogP contribution in [0.1, 0.15) is 22.8 Å². The molecular formula is C34H27FN4O3S2. The summed E-state index contributed by atoms with van der Waals surface area (Å²) in [5.41, 5.74) is 2.56. The summed E-state index contributed by atoms with van der Waals surface area (Å²) in [7, 11) is 0. The summed E-state index contributed by atoms with van der Waals surface area (Å²) in [5, 5.41) is 10.2. The van der Waals surface area contributed by atoms with Gasteiger partial charge in [0.05, 0.1) is 10.9 Å². The minimum Gasteiger partial charge on any atom is -0.321 e. The number of hydrogen-bond donors (Lipinski definition) is 3. The van der Waals surface area contributed by atoms with Crippen LogP contribution in [0.15, 0.2) is 125 Å². The van der Waals surface area contributed by atoms with Gasteiger partial charge in [-0.25, -0.2) is 9.37 Å². The Kier molecular flexibility index (Phi) is 9.96. The van der Waals surface area contributed by atoms with Crippen LogP contribution in [0, 0.1) is 5.82 Å². The second-order valence-electron chi connectivity index (χ2n) is 9.53. The quantitative estimate of drug-likeness (QED) is 0.111. The van der Waals surface area contributed by atoms with Crippen molar-refractivity contribution in [1.29, 1.82) is 0 Å². The smallest absolute Gasteiger partial charge is 0.272 e. The van der Waals surface area contributed by atoms with Gasteiger partial charge >= 0.3 is 0 Å². The van der Waals surface area contributed by atoms with E-state index in [1.165, 1.54) is 47.4 Å². The van der Waals surface area contributed by atoms with Crippen molar-refractivity contribution in [2.45, 2.75) is 17.1 Å². The molecule has 0 spiro atoms. The molecule has 1 aromatic heterocycles. The van der Waals surface area contributed by atoms with Crippen molar-refractivity contribution in [1.82, 2.24) is 10.3 Å². The summed E-state index contributed by atoms with van der Waals surface area (Å²) in [6.45, 7) is 1.78. The molecule has 220 valence electrons. The van der Waals surface area contributed by atoms with Crippen molar-refractivity contribution in [3.8, 4) is 11.3 Å². The second kappa shape index (κ2) is 14.4. The van der Waals surface area contributed by atoms with Crippen LogP contribution in [0.25, 0.3) is 17.3 Å². The minimum absolute atomic E-state index is 0.131. The van der Waals surface area contributed by atoms with Crippen molar-refractivity contribution < 1.29 is 18.8 Å². The number of nitrogens with one attached hydrogen (secondary N) is 3. The van der Waals surface area contributed by atoms with Crippen molar-refractivity contribution in [3.63, 3.8) is 0 Å². The van der Waals surface area contributed by atoms with E-state index in [0.717, 1.165) is 16.2 Å².